The molecule has 5 saturated carbocycles. The van der Waals surface area contributed by atoms with Crippen LogP contribution in [0.15, 0.2) is 0 Å². The number of hydrogen-bond donors (Lipinski definition) is 0. The molecule has 0 N–H and O–H groups in total. The molecule has 0 bridgehead atoms. The zero-order chi connectivity index (χ0) is 30.3. The lowest BCUT2D eigenvalue weighted by molar-refractivity contribution is 0.0633. The summed E-state index contributed by atoms with van der Waals surface area (Å²) in [7, 11) is 0. The standard InChI is InChI=1S/C43H78/c1-7-11-30(5)22-33-13-17-38(18-14-33)42-23-31(6)12-16-40(42)29-41-21-20-36(9-3)43(41)28-35-26-37(10-4)39(27-35)19-15-34-24-32(8-2)25-34/h30-43H,7-29H2,1-6H3. The van der Waals surface area contributed by atoms with Crippen LogP contribution in [0.3, 0.4) is 0 Å². The summed E-state index contributed by atoms with van der Waals surface area (Å²) in [5.41, 5.74) is 0. The molecule has 0 aromatic rings. The molecule has 0 aromatic heterocycles. The first-order valence-corrected chi connectivity index (χ1v) is 20.9. The molecule has 0 saturated heterocycles. The highest BCUT2D eigenvalue weighted by molar-refractivity contribution is 4.94. The van der Waals surface area contributed by atoms with Crippen LogP contribution in [-0.2, 0) is 0 Å². The zero-order valence-electron chi connectivity index (χ0n) is 30.3. The monoisotopic (exact) mass is 595 g/mol. The lowest BCUT2D eigenvalue weighted by Gasteiger charge is -2.44. The van der Waals surface area contributed by atoms with Gasteiger partial charge < -0.3 is 0 Å². The summed E-state index contributed by atoms with van der Waals surface area (Å²) in [4.78, 5) is 0. The van der Waals surface area contributed by atoms with Gasteiger partial charge in [0.1, 0.15) is 0 Å². The quantitative estimate of drug-likeness (QED) is 0.177. The van der Waals surface area contributed by atoms with E-state index in [-0.39, 0.29) is 0 Å². The molecule has 0 heteroatoms. The van der Waals surface area contributed by atoms with Crippen LogP contribution in [0.5, 0.6) is 0 Å². The predicted octanol–water partition coefficient (Wildman–Crippen LogP) is 13.8. The summed E-state index contributed by atoms with van der Waals surface area (Å²) < 4.78 is 0. The van der Waals surface area contributed by atoms with Crippen molar-refractivity contribution in [2.45, 2.75) is 189 Å². The highest BCUT2D eigenvalue weighted by atomic mass is 14.5. The maximum atomic E-state index is 2.60. The Kier molecular flexibility index (Phi) is 13.3. The largest absolute Gasteiger partial charge is 0.0654 e. The molecule has 250 valence electrons. The van der Waals surface area contributed by atoms with Crippen LogP contribution in [0.4, 0.5) is 0 Å². The van der Waals surface area contributed by atoms with Crippen molar-refractivity contribution >= 4 is 0 Å². The van der Waals surface area contributed by atoms with Gasteiger partial charge in [-0.1, -0.05) is 99.3 Å². The average Bonchev–Trinajstić information content (AvgIpc) is 3.56. The Balaban J connectivity index is 1.14. The Bertz CT molecular complexity index is 769. The van der Waals surface area contributed by atoms with Crippen LogP contribution in [0, 0.1) is 82.9 Å². The normalized spacial score (nSPS) is 44.4. The van der Waals surface area contributed by atoms with Gasteiger partial charge in [0.15, 0.2) is 0 Å². The van der Waals surface area contributed by atoms with Crippen molar-refractivity contribution in [3.8, 4) is 0 Å². The maximum absolute atomic E-state index is 2.60. The fraction of sp³-hybridized carbons (Fsp3) is 1.00. The Morgan fingerprint density at radius 3 is 1.93 bits per heavy atom. The van der Waals surface area contributed by atoms with E-state index in [1.54, 1.807) is 103 Å². The molecule has 0 radical (unpaired) electrons. The van der Waals surface area contributed by atoms with Gasteiger partial charge in [-0.05, 0) is 173 Å². The summed E-state index contributed by atoms with van der Waals surface area (Å²) in [6, 6.07) is 0. The molecule has 0 heterocycles. The van der Waals surface area contributed by atoms with Gasteiger partial charge in [0.2, 0.25) is 0 Å². The molecular formula is C43H78. The molecule has 5 fully saturated rings. The lowest BCUT2D eigenvalue weighted by atomic mass is 9.61. The van der Waals surface area contributed by atoms with Crippen LogP contribution in [0.25, 0.3) is 0 Å². The molecule has 10 unspecified atom stereocenters. The van der Waals surface area contributed by atoms with Gasteiger partial charge in [0, 0.05) is 0 Å². The first kappa shape index (κ1) is 34.3. The fourth-order valence-corrected chi connectivity index (χ4v) is 12.9. The number of hydrogen-bond acceptors (Lipinski definition) is 0. The van der Waals surface area contributed by atoms with E-state index in [9.17, 15) is 0 Å². The van der Waals surface area contributed by atoms with Crippen molar-refractivity contribution in [1.82, 2.24) is 0 Å². The van der Waals surface area contributed by atoms with Crippen molar-refractivity contribution in [2.75, 3.05) is 0 Å². The van der Waals surface area contributed by atoms with Crippen LogP contribution >= 0.6 is 0 Å². The van der Waals surface area contributed by atoms with E-state index >= 15 is 0 Å². The van der Waals surface area contributed by atoms with Crippen LogP contribution in [-0.4, -0.2) is 0 Å². The van der Waals surface area contributed by atoms with E-state index in [0.29, 0.717) is 0 Å². The molecule has 10 atom stereocenters. The minimum absolute atomic E-state index is 0.957. The van der Waals surface area contributed by atoms with Gasteiger partial charge in [-0.15, -0.1) is 0 Å². The van der Waals surface area contributed by atoms with Crippen molar-refractivity contribution in [3.63, 3.8) is 0 Å². The summed E-state index contributed by atoms with van der Waals surface area (Å²) in [6.45, 7) is 15.0. The molecule has 0 nitrogen and oxygen atoms in total. The Labute approximate surface area is 271 Å². The first-order valence-electron chi connectivity index (χ1n) is 20.9. The Morgan fingerprint density at radius 1 is 0.535 bits per heavy atom. The third-order valence-corrected chi connectivity index (χ3v) is 15.5. The summed E-state index contributed by atoms with van der Waals surface area (Å²) in [6.07, 6.45) is 35.5. The number of rotatable bonds is 15. The van der Waals surface area contributed by atoms with E-state index in [1.807, 2.05) is 0 Å². The Hall–Kier alpha value is 0. The SMILES string of the molecule is CCCC(C)CC1CCC(C2CC(C)CCC2CC2CCC(CC)C2CC2CC(CC)C(CCC3CC(CC)C3)C2)CC1. The van der Waals surface area contributed by atoms with Crippen molar-refractivity contribution in [1.29, 1.82) is 0 Å². The first-order chi connectivity index (χ1) is 20.9. The molecule has 0 amide bonds. The second-order valence-electron chi connectivity index (χ2n) is 18.3. The van der Waals surface area contributed by atoms with Gasteiger partial charge in [-0.25, -0.2) is 0 Å². The summed E-state index contributed by atoms with van der Waals surface area (Å²) >= 11 is 0. The second kappa shape index (κ2) is 16.7. The highest BCUT2D eigenvalue weighted by Crippen LogP contribution is 2.54. The predicted molar refractivity (Wildman–Crippen MR) is 189 cm³/mol. The van der Waals surface area contributed by atoms with Crippen LogP contribution < -0.4 is 0 Å². The van der Waals surface area contributed by atoms with Gasteiger partial charge >= 0.3 is 0 Å². The van der Waals surface area contributed by atoms with Crippen molar-refractivity contribution < 1.29 is 0 Å². The van der Waals surface area contributed by atoms with Gasteiger partial charge in [0.25, 0.3) is 0 Å². The average molecular weight is 595 g/mol. The zero-order valence-corrected chi connectivity index (χ0v) is 30.3. The van der Waals surface area contributed by atoms with Gasteiger partial charge in [0.05, 0.1) is 0 Å². The molecule has 0 spiro atoms. The molecular weight excluding hydrogens is 516 g/mol. The summed E-state index contributed by atoms with van der Waals surface area (Å²) in [5.74, 6) is 14.7. The van der Waals surface area contributed by atoms with E-state index in [1.165, 1.54) is 44.9 Å². The fourth-order valence-electron chi connectivity index (χ4n) is 12.9. The third kappa shape index (κ3) is 9.09. The molecule has 0 aliphatic heterocycles. The molecule has 43 heavy (non-hydrogen) atoms. The van der Waals surface area contributed by atoms with Crippen molar-refractivity contribution in [2.24, 2.45) is 82.9 Å². The molecule has 5 rings (SSSR count). The topological polar surface area (TPSA) is 0 Å². The molecule has 5 aliphatic rings. The Morgan fingerprint density at radius 2 is 1.23 bits per heavy atom. The van der Waals surface area contributed by atoms with Crippen LogP contribution in [0.2, 0.25) is 0 Å². The highest BCUT2D eigenvalue weighted by Gasteiger charge is 2.43. The van der Waals surface area contributed by atoms with E-state index in [4.69, 9.17) is 0 Å². The maximum Gasteiger partial charge on any atom is -0.0355 e. The summed E-state index contributed by atoms with van der Waals surface area (Å²) in [5, 5.41) is 0. The van der Waals surface area contributed by atoms with Crippen molar-refractivity contribution in [3.05, 3.63) is 0 Å². The minimum atomic E-state index is 0.957. The third-order valence-electron chi connectivity index (χ3n) is 15.5. The van der Waals surface area contributed by atoms with Crippen LogP contribution in [0.1, 0.15) is 189 Å². The minimum Gasteiger partial charge on any atom is -0.0654 e. The smallest absolute Gasteiger partial charge is 0.0355 e. The second-order valence-corrected chi connectivity index (χ2v) is 18.3. The lowest BCUT2D eigenvalue weighted by Crippen LogP contribution is -2.34. The van der Waals surface area contributed by atoms with E-state index in [0.717, 1.165) is 82.9 Å². The molecule has 0 aromatic carbocycles. The van der Waals surface area contributed by atoms with E-state index in [2.05, 4.69) is 41.5 Å². The van der Waals surface area contributed by atoms with Gasteiger partial charge in [-0.2, -0.15) is 0 Å². The van der Waals surface area contributed by atoms with E-state index < -0.39 is 0 Å². The van der Waals surface area contributed by atoms with Gasteiger partial charge in [-0.3, -0.25) is 0 Å². The molecule has 5 aliphatic carbocycles.